The van der Waals surface area contributed by atoms with Crippen LogP contribution in [0.5, 0.6) is 0 Å². The number of nitro groups is 1. The number of nitrogens with zero attached hydrogens (tertiary/aromatic N) is 1. The molecule has 0 aliphatic rings. The van der Waals surface area contributed by atoms with Crippen LogP contribution >= 0.6 is 0 Å². The average molecular weight is 336 g/mol. The van der Waals surface area contributed by atoms with Gasteiger partial charge in [-0.1, -0.05) is 13.8 Å². The molecule has 0 atom stereocenters. The molecule has 0 aliphatic carbocycles. The topological polar surface area (TPSA) is 113 Å². The van der Waals surface area contributed by atoms with Crippen LogP contribution in [-0.4, -0.2) is 36.4 Å². The molecule has 8 heteroatoms. The molecular weight excluding hydrogens is 312 g/mol. The van der Waals surface area contributed by atoms with Gasteiger partial charge in [-0.3, -0.25) is 19.7 Å². The molecule has 3 N–H and O–H groups in total. The van der Waals surface area contributed by atoms with Crippen molar-refractivity contribution in [2.24, 2.45) is 5.92 Å². The summed E-state index contributed by atoms with van der Waals surface area (Å²) in [7, 11) is 0. The van der Waals surface area contributed by atoms with Gasteiger partial charge in [-0.05, 0) is 18.6 Å². The Morgan fingerprint density at radius 3 is 2.29 bits per heavy atom. The fourth-order valence-corrected chi connectivity index (χ4v) is 1.86. The Morgan fingerprint density at radius 2 is 1.71 bits per heavy atom. The molecule has 24 heavy (non-hydrogen) atoms. The second kappa shape index (κ2) is 10.2. The highest BCUT2D eigenvalue weighted by atomic mass is 16.6. The number of nitro benzene ring substituents is 1. The minimum Gasteiger partial charge on any atom is -0.385 e. The predicted octanol–water partition coefficient (Wildman–Crippen LogP) is 1.68. The van der Waals surface area contributed by atoms with Crippen LogP contribution in [0.4, 0.5) is 11.4 Å². The lowest BCUT2D eigenvalue weighted by molar-refractivity contribution is -0.384. The van der Waals surface area contributed by atoms with E-state index in [1.165, 1.54) is 12.1 Å². The Kier molecular flexibility index (Phi) is 8.24. The molecule has 1 aromatic rings. The van der Waals surface area contributed by atoms with Gasteiger partial charge in [0.2, 0.25) is 11.8 Å². The van der Waals surface area contributed by atoms with E-state index in [-0.39, 0.29) is 23.4 Å². The number of carbonyl (C=O) groups excluding carboxylic acids is 2. The van der Waals surface area contributed by atoms with Gasteiger partial charge < -0.3 is 16.0 Å². The summed E-state index contributed by atoms with van der Waals surface area (Å²) in [5, 5.41) is 19.1. The summed E-state index contributed by atoms with van der Waals surface area (Å²) in [5.41, 5.74) is 0.821. The molecule has 0 heterocycles. The van der Waals surface area contributed by atoms with Crippen LogP contribution in [0.3, 0.4) is 0 Å². The van der Waals surface area contributed by atoms with E-state index in [4.69, 9.17) is 0 Å². The smallest absolute Gasteiger partial charge is 0.269 e. The number of amides is 2. The zero-order chi connectivity index (χ0) is 17.9. The number of rotatable bonds is 10. The number of anilines is 1. The maximum atomic E-state index is 11.6. The Morgan fingerprint density at radius 1 is 1.08 bits per heavy atom. The van der Waals surface area contributed by atoms with Crippen molar-refractivity contribution in [3.63, 3.8) is 0 Å². The normalized spacial score (nSPS) is 10.3. The lowest BCUT2D eigenvalue weighted by Crippen LogP contribution is -2.36. The number of carbonyl (C=O) groups is 2. The van der Waals surface area contributed by atoms with Crippen LogP contribution in [0.25, 0.3) is 0 Å². The SMILES string of the molecule is CC(C)C(=O)NCCNC(=O)CCCNc1ccc([N+](=O)[O-])cc1. The van der Waals surface area contributed by atoms with E-state index in [2.05, 4.69) is 16.0 Å². The molecule has 0 spiro atoms. The molecule has 0 fully saturated rings. The predicted molar refractivity (Wildman–Crippen MR) is 91.7 cm³/mol. The average Bonchev–Trinajstić information content (AvgIpc) is 2.55. The van der Waals surface area contributed by atoms with E-state index >= 15 is 0 Å². The summed E-state index contributed by atoms with van der Waals surface area (Å²) in [6.45, 7) is 5.05. The van der Waals surface area contributed by atoms with Crippen molar-refractivity contribution in [3.8, 4) is 0 Å². The van der Waals surface area contributed by atoms with Crippen molar-refractivity contribution in [2.45, 2.75) is 26.7 Å². The zero-order valence-corrected chi connectivity index (χ0v) is 14.0. The molecule has 8 nitrogen and oxygen atoms in total. The first kappa shape index (κ1) is 19.4. The molecule has 0 saturated heterocycles. The standard InChI is InChI=1S/C16H24N4O4/c1-12(2)16(22)19-11-10-18-15(21)4-3-9-17-13-5-7-14(8-6-13)20(23)24/h5-8,12,17H,3-4,9-11H2,1-2H3,(H,18,21)(H,19,22). The molecule has 0 saturated carbocycles. The monoisotopic (exact) mass is 336 g/mol. The Hall–Kier alpha value is -2.64. The van der Waals surface area contributed by atoms with Crippen molar-refractivity contribution in [1.82, 2.24) is 10.6 Å². The van der Waals surface area contributed by atoms with Crippen molar-refractivity contribution >= 4 is 23.2 Å². The van der Waals surface area contributed by atoms with Gasteiger partial charge in [-0.15, -0.1) is 0 Å². The molecule has 2 amide bonds. The quantitative estimate of drug-likeness (QED) is 0.342. The van der Waals surface area contributed by atoms with Crippen LogP contribution in [0.15, 0.2) is 24.3 Å². The summed E-state index contributed by atoms with van der Waals surface area (Å²) in [5.74, 6) is -0.165. The first-order valence-electron chi connectivity index (χ1n) is 7.93. The van der Waals surface area contributed by atoms with E-state index in [1.807, 2.05) is 13.8 Å². The summed E-state index contributed by atoms with van der Waals surface area (Å²) < 4.78 is 0. The number of hydrogen-bond acceptors (Lipinski definition) is 5. The highest BCUT2D eigenvalue weighted by Gasteiger charge is 2.06. The molecule has 0 bridgehead atoms. The molecular formula is C16H24N4O4. The van der Waals surface area contributed by atoms with Crippen molar-refractivity contribution < 1.29 is 14.5 Å². The van der Waals surface area contributed by atoms with Crippen LogP contribution in [0, 0.1) is 16.0 Å². The van der Waals surface area contributed by atoms with Gasteiger partial charge in [0.15, 0.2) is 0 Å². The van der Waals surface area contributed by atoms with Crippen LogP contribution in [-0.2, 0) is 9.59 Å². The number of benzene rings is 1. The van der Waals surface area contributed by atoms with Crippen molar-refractivity contribution in [1.29, 1.82) is 0 Å². The molecule has 0 unspecified atom stereocenters. The van der Waals surface area contributed by atoms with E-state index < -0.39 is 4.92 Å². The first-order chi connectivity index (χ1) is 11.4. The fourth-order valence-electron chi connectivity index (χ4n) is 1.86. The van der Waals surface area contributed by atoms with Gasteiger partial charge in [0.25, 0.3) is 5.69 Å². The second-order valence-corrected chi connectivity index (χ2v) is 5.63. The Bertz CT molecular complexity index is 558. The Balaban J connectivity index is 2.11. The summed E-state index contributed by atoms with van der Waals surface area (Å²) in [4.78, 5) is 33.0. The first-order valence-corrected chi connectivity index (χ1v) is 7.93. The van der Waals surface area contributed by atoms with Gasteiger partial charge in [0.05, 0.1) is 4.92 Å². The van der Waals surface area contributed by atoms with Gasteiger partial charge in [0.1, 0.15) is 0 Å². The third-order valence-corrected chi connectivity index (χ3v) is 3.26. The molecule has 1 aromatic carbocycles. The maximum absolute atomic E-state index is 11.6. The lowest BCUT2D eigenvalue weighted by Gasteiger charge is -2.09. The highest BCUT2D eigenvalue weighted by Crippen LogP contribution is 2.15. The minimum atomic E-state index is -0.447. The van der Waals surface area contributed by atoms with Crippen molar-refractivity contribution in [3.05, 3.63) is 34.4 Å². The van der Waals surface area contributed by atoms with E-state index in [0.29, 0.717) is 32.5 Å². The van der Waals surface area contributed by atoms with Gasteiger partial charge in [0, 0.05) is 49.8 Å². The fraction of sp³-hybridized carbons (Fsp3) is 0.500. The lowest BCUT2D eigenvalue weighted by atomic mass is 10.2. The molecule has 0 aromatic heterocycles. The Labute approximate surface area is 141 Å². The van der Waals surface area contributed by atoms with Crippen molar-refractivity contribution in [2.75, 3.05) is 25.0 Å². The van der Waals surface area contributed by atoms with Gasteiger partial charge in [-0.2, -0.15) is 0 Å². The molecule has 0 radical (unpaired) electrons. The van der Waals surface area contributed by atoms with Crippen LogP contribution in [0.1, 0.15) is 26.7 Å². The summed E-state index contributed by atoms with van der Waals surface area (Å²) in [6, 6.07) is 6.13. The number of non-ortho nitro benzene ring substituents is 1. The minimum absolute atomic E-state index is 0.0310. The van der Waals surface area contributed by atoms with E-state index in [9.17, 15) is 19.7 Å². The molecule has 0 aliphatic heterocycles. The van der Waals surface area contributed by atoms with E-state index in [1.54, 1.807) is 12.1 Å². The molecule has 132 valence electrons. The van der Waals surface area contributed by atoms with Gasteiger partial charge in [-0.25, -0.2) is 0 Å². The third-order valence-electron chi connectivity index (χ3n) is 3.26. The summed E-state index contributed by atoms with van der Waals surface area (Å²) >= 11 is 0. The van der Waals surface area contributed by atoms with Crippen LogP contribution < -0.4 is 16.0 Å². The molecule has 1 rings (SSSR count). The largest absolute Gasteiger partial charge is 0.385 e. The highest BCUT2D eigenvalue weighted by molar-refractivity contribution is 5.78. The van der Waals surface area contributed by atoms with Gasteiger partial charge >= 0.3 is 0 Å². The second-order valence-electron chi connectivity index (χ2n) is 5.63. The maximum Gasteiger partial charge on any atom is 0.269 e. The zero-order valence-electron chi connectivity index (χ0n) is 14.0. The van der Waals surface area contributed by atoms with E-state index in [0.717, 1.165) is 5.69 Å². The number of nitrogens with one attached hydrogen (secondary N) is 3. The third kappa shape index (κ3) is 7.57. The van der Waals surface area contributed by atoms with Crippen LogP contribution in [0.2, 0.25) is 0 Å². The summed E-state index contributed by atoms with van der Waals surface area (Å²) in [6.07, 6.45) is 1.01. The number of hydrogen-bond donors (Lipinski definition) is 3.